The SMILES string of the molecule is COC(=O)c1cc2cccc(Br)c2c(=O)[nH]1. The summed E-state index contributed by atoms with van der Waals surface area (Å²) in [4.78, 5) is 25.5. The Hall–Kier alpha value is -1.62. The normalized spacial score (nSPS) is 10.4. The molecule has 2 aromatic rings. The monoisotopic (exact) mass is 281 g/mol. The molecule has 5 heteroatoms. The third kappa shape index (κ3) is 1.74. The van der Waals surface area contributed by atoms with Crippen molar-refractivity contribution in [1.29, 1.82) is 0 Å². The van der Waals surface area contributed by atoms with E-state index < -0.39 is 5.97 Å². The third-order valence-electron chi connectivity index (χ3n) is 2.23. The summed E-state index contributed by atoms with van der Waals surface area (Å²) in [7, 11) is 1.27. The van der Waals surface area contributed by atoms with Gasteiger partial charge >= 0.3 is 5.97 Å². The van der Waals surface area contributed by atoms with Crippen LogP contribution in [0.1, 0.15) is 10.5 Å². The largest absolute Gasteiger partial charge is 0.464 e. The Balaban J connectivity index is 2.79. The van der Waals surface area contributed by atoms with Crippen LogP contribution < -0.4 is 5.56 Å². The van der Waals surface area contributed by atoms with Crippen LogP contribution in [0.4, 0.5) is 0 Å². The van der Waals surface area contributed by atoms with Crippen molar-refractivity contribution >= 4 is 32.7 Å². The number of hydrogen-bond acceptors (Lipinski definition) is 3. The summed E-state index contributed by atoms with van der Waals surface area (Å²) in [5.74, 6) is -0.557. The number of carbonyl (C=O) groups excluding carboxylic acids is 1. The molecule has 2 rings (SSSR count). The van der Waals surface area contributed by atoms with Crippen LogP contribution in [0.3, 0.4) is 0 Å². The summed E-state index contributed by atoms with van der Waals surface area (Å²) in [5, 5.41) is 1.22. The zero-order chi connectivity index (χ0) is 11.7. The number of rotatable bonds is 1. The number of methoxy groups -OCH3 is 1. The number of esters is 1. The number of aromatic nitrogens is 1. The highest BCUT2D eigenvalue weighted by Crippen LogP contribution is 2.20. The van der Waals surface area contributed by atoms with Gasteiger partial charge in [0, 0.05) is 4.47 Å². The van der Waals surface area contributed by atoms with Crippen molar-refractivity contribution < 1.29 is 9.53 Å². The van der Waals surface area contributed by atoms with Crippen molar-refractivity contribution in [3.05, 3.63) is 44.8 Å². The van der Waals surface area contributed by atoms with Gasteiger partial charge < -0.3 is 9.72 Å². The van der Waals surface area contributed by atoms with Crippen LogP contribution >= 0.6 is 15.9 Å². The van der Waals surface area contributed by atoms with Gasteiger partial charge in [0.15, 0.2) is 0 Å². The number of fused-ring (bicyclic) bond motifs is 1. The highest BCUT2D eigenvalue weighted by Gasteiger charge is 2.10. The molecule has 16 heavy (non-hydrogen) atoms. The fraction of sp³-hybridized carbons (Fsp3) is 0.0909. The third-order valence-corrected chi connectivity index (χ3v) is 2.89. The Morgan fingerprint density at radius 1 is 1.44 bits per heavy atom. The van der Waals surface area contributed by atoms with E-state index in [1.54, 1.807) is 24.3 Å². The summed E-state index contributed by atoms with van der Waals surface area (Å²) < 4.78 is 5.25. The molecule has 0 radical (unpaired) electrons. The molecule has 0 saturated carbocycles. The smallest absolute Gasteiger partial charge is 0.354 e. The second-order valence-electron chi connectivity index (χ2n) is 3.21. The van der Waals surface area contributed by atoms with Crippen molar-refractivity contribution in [1.82, 2.24) is 4.98 Å². The van der Waals surface area contributed by atoms with Crippen molar-refractivity contribution in [2.75, 3.05) is 7.11 Å². The summed E-state index contributed by atoms with van der Waals surface area (Å²) in [5.41, 5.74) is -0.163. The minimum absolute atomic E-state index is 0.151. The molecule has 1 aromatic heterocycles. The molecule has 0 spiro atoms. The van der Waals surface area contributed by atoms with E-state index in [9.17, 15) is 9.59 Å². The lowest BCUT2D eigenvalue weighted by Crippen LogP contribution is -2.14. The van der Waals surface area contributed by atoms with Crippen LogP contribution in [-0.2, 0) is 4.74 Å². The molecule has 0 aliphatic carbocycles. The fourth-order valence-electron chi connectivity index (χ4n) is 1.50. The molecule has 0 fully saturated rings. The minimum Gasteiger partial charge on any atom is -0.464 e. The molecule has 1 aromatic carbocycles. The highest BCUT2D eigenvalue weighted by molar-refractivity contribution is 9.10. The summed E-state index contributed by atoms with van der Waals surface area (Å²) >= 11 is 3.29. The van der Waals surface area contributed by atoms with Gasteiger partial charge in [-0.05, 0) is 33.4 Å². The number of halogens is 1. The number of pyridine rings is 1. The van der Waals surface area contributed by atoms with Gasteiger partial charge in [0.1, 0.15) is 5.69 Å². The first-order chi connectivity index (χ1) is 7.63. The molecule has 0 aliphatic rings. The molecule has 0 aliphatic heterocycles. The first kappa shape index (κ1) is 10.9. The Morgan fingerprint density at radius 2 is 2.19 bits per heavy atom. The number of carbonyl (C=O) groups is 1. The number of ether oxygens (including phenoxy) is 1. The molecule has 0 amide bonds. The summed E-state index contributed by atoms with van der Waals surface area (Å²) in [6.45, 7) is 0. The number of benzene rings is 1. The van der Waals surface area contributed by atoms with Crippen LogP contribution in [-0.4, -0.2) is 18.1 Å². The lowest BCUT2D eigenvalue weighted by Gasteiger charge is -2.03. The maximum absolute atomic E-state index is 11.7. The molecular formula is C11H8BrNO3. The Morgan fingerprint density at radius 3 is 2.88 bits per heavy atom. The number of hydrogen-bond donors (Lipinski definition) is 1. The standard InChI is InChI=1S/C11H8BrNO3/c1-16-11(15)8-5-6-3-2-4-7(12)9(6)10(14)13-8/h2-5H,1H3,(H,13,14). The zero-order valence-electron chi connectivity index (χ0n) is 8.41. The van der Waals surface area contributed by atoms with Crippen LogP contribution in [0.25, 0.3) is 10.8 Å². The Kier molecular flexibility index (Phi) is 2.78. The predicted molar refractivity (Wildman–Crippen MR) is 63.6 cm³/mol. The number of nitrogens with one attached hydrogen (secondary N) is 1. The molecule has 0 bridgehead atoms. The van der Waals surface area contributed by atoms with E-state index in [0.717, 1.165) is 0 Å². The maximum atomic E-state index is 11.7. The van der Waals surface area contributed by atoms with Crippen molar-refractivity contribution in [3.8, 4) is 0 Å². The molecular weight excluding hydrogens is 274 g/mol. The predicted octanol–water partition coefficient (Wildman–Crippen LogP) is 2.08. The maximum Gasteiger partial charge on any atom is 0.354 e. The zero-order valence-corrected chi connectivity index (χ0v) is 10.00. The van der Waals surface area contributed by atoms with Gasteiger partial charge in [0.25, 0.3) is 5.56 Å². The topological polar surface area (TPSA) is 59.2 Å². The highest BCUT2D eigenvalue weighted by atomic mass is 79.9. The number of H-pyrrole nitrogens is 1. The molecule has 0 atom stereocenters. The van der Waals surface area contributed by atoms with Crippen LogP contribution in [0.5, 0.6) is 0 Å². The van der Waals surface area contributed by atoms with Crippen molar-refractivity contribution in [2.45, 2.75) is 0 Å². The van der Waals surface area contributed by atoms with E-state index in [-0.39, 0.29) is 11.3 Å². The van der Waals surface area contributed by atoms with Gasteiger partial charge in [-0.25, -0.2) is 4.79 Å². The van der Waals surface area contributed by atoms with Crippen molar-refractivity contribution in [3.63, 3.8) is 0 Å². The van der Waals surface area contributed by atoms with E-state index in [1.807, 2.05) is 0 Å². The number of aromatic amines is 1. The van der Waals surface area contributed by atoms with Crippen LogP contribution in [0.15, 0.2) is 33.5 Å². The minimum atomic E-state index is -0.557. The summed E-state index contributed by atoms with van der Waals surface area (Å²) in [6, 6.07) is 6.93. The van der Waals surface area contributed by atoms with Gasteiger partial charge in [0.05, 0.1) is 12.5 Å². The first-order valence-corrected chi connectivity index (χ1v) is 5.32. The molecule has 1 heterocycles. The van der Waals surface area contributed by atoms with Crippen molar-refractivity contribution in [2.24, 2.45) is 0 Å². The lowest BCUT2D eigenvalue weighted by atomic mass is 10.1. The average Bonchev–Trinajstić information content (AvgIpc) is 2.27. The van der Waals surface area contributed by atoms with E-state index in [4.69, 9.17) is 0 Å². The van der Waals surface area contributed by atoms with E-state index >= 15 is 0 Å². The Labute approximate surface area is 99.4 Å². The van der Waals surface area contributed by atoms with Crippen LogP contribution in [0.2, 0.25) is 0 Å². The van der Waals surface area contributed by atoms with E-state index in [0.29, 0.717) is 15.2 Å². The fourth-order valence-corrected chi connectivity index (χ4v) is 2.06. The van der Waals surface area contributed by atoms with Gasteiger partial charge in [-0.3, -0.25) is 4.79 Å². The lowest BCUT2D eigenvalue weighted by molar-refractivity contribution is 0.0594. The molecule has 0 saturated heterocycles. The van der Waals surface area contributed by atoms with Gasteiger partial charge in [-0.2, -0.15) is 0 Å². The van der Waals surface area contributed by atoms with Gasteiger partial charge in [-0.15, -0.1) is 0 Å². The second kappa shape index (κ2) is 4.09. The van der Waals surface area contributed by atoms with E-state index in [1.165, 1.54) is 7.11 Å². The van der Waals surface area contributed by atoms with Crippen LogP contribution in [0, 0.1) is 0 Å². The summed E-state index contributed by atoms with van der Waals surface area (Å²) in [6.07, 6.45) is 0. The first-order valence-electron chi connectivity index (χ1n) is 4.53. The van der Waals surface area contributed by atoms with Gasteiger partial charge in [-0.1, -0.05) is 12.1 Å². The van der Waals surface area contributed by atoms with E-state index in [2.05, 4.69) is 25.7 Å². The molecule has 4 nitrogen and oxygen atoms in total. The molecule has 0 unspecified atom stereocenters. The quantitative estimate of drug-likeness (QED) is 0.815. The van der Waals surface area contributed by atoms with Gasteiger partial charge in [0.2, 0.25) is 0 Å². The second-order valence-corrected chi connectivity index (χ2v) is 4.06. The molecule has 1 N–H and O–H groups in total. The average molecular weight is 282 g/mol. The Bertz CT molecular complexity index is 618. The molecule has 82 valence electrons.